The Morgan fingerprint density at radius 3 is 2.00 bits per heavy atom. The molecule has 8 heavy (non-hydrogen) atoms. The van der Waals surface area contributed by atoms with Crippen molar-refractivity contribution in [3.63, 3.8) is 0 Å². The Bertz CT molecular complexity index is 168. The van der Waals surface area contributed by atoms with Crippen molar-refractivity contribution >= 4 is 11.6 Å². The van der Waals surface area contributed by atoms with Crippen molar-refractivity contribution in [1.82, 2.24) is 9.97 Å². The zero-order valence-corrected chi connectivity index (χ0v) is 4.13. The second-order valence-electron chi connectivity index (χ2n) is 1.32. The minimum atomic E-state index is 0.345. The van der Waals surface area contributed by atoms with Gasteiger partial charge in [-0.15, -0.1) is 0 Å². The molecular formula is C4H5N4. The topological polar surface area (TPSA) is 77.8 Å². The first-order valence-electron chi connectivity index (χ1n) is 2.05. The third kappa shape index (κ3) is 0.841. The Morgan fingerprint density at radius 2 is 1.75 bits per heavy atom. The summed E-state index contributed by atoms with van der Waals surface area (Å²) in [4.78, 5) is 7.00. The van der Waals surface area contributed by atoms with E-state index in [1.807, 2.05) is 0 Å². The molecule has 4 nitrogen and oxygen atoms in total. The van der Waals surface area contributed by atoms with Gasteiger partial charge in [-0.1, -0.05) is 0 Å². The van der Waals surface area contributed by atoms with Crippen LogP contribution in [-0.2, 0) is 0 Å². The molecule has 0 aliphatic rings. The van der Waals surface area contributed by atoms with Crippen molar-refractivity contribution in [3.8, 4) is 0 Å². The van der Waals surface area contributed by atoms with Crippen LogP contribution in [0, 0.1) is 6.33 Å². The number of anilines is 2. The van der Waals surface area contributed by atoms with Gasteiger partial charge in [0, 0.05) is 6.07 Å². The lowest BCUT2D eigenvalue weighted by atomic mass is 10.5. The Balaban J connectivity index is 3.08. The van der Waals surface area contributed by atoms with Crippen molar-refractivity contribution in [2.75, 3.05) is 11.5 Å². The Labute approximate surface area is 46.6 Å². The summed E-state index contributed by atoms with van der Waals surface area (Å²) in [5.74, 6) is 0.690. The van der Waals surface area contributed by atoms with E-state index in [-0.39, 0.29) is 0 Å². The van der Waals surface area contributed by atoms with Gasteiger partial charge in [-0.05, 0) is 0 Å². The molecule has 0 saturated carbocycles. The summed E-state index contributed by atoms with van der Waals surface area (Å²) in [6, 6.07) is 1.47. The van der Waals surface area contributed by atoms with Crippen LogP contribution in [0.5, 0.6) is 0 Å². The van der Waals surface area contributed by atoms with Crippen LogP contribution in [0.1, 0.15) is 0 Å². The Morgan fingerprint density at radius 1 is 1.25 bits per heavy atom. The van der Waals surface area contributed by atoms with Crippen LogP contribution in [0.25, 0.3) is 0 Å². The Hall–Kier alpha value is -1.32. The van der Waals surface area contributed by atoms with Crippen molar-refractivity contribution in [2.45, 2.75) is 0 Å². The number of hydrogen-bond acceptors (Lipinski definition) is 4. The number of hydrogen-bond donors (Lipinski definition) is 2. The van der Waals surface area contributed by atoms with E-state index in [4.69, 9.17) is 11.5 Å². The molecule has 0 aliphatic carbocycles. The third-order valence-electron chi connectivity index (χ3n) is 0.654. The van der Waals surface area contributed by atoms with E-state index in [2.05, 4.69) is 16.3 Å². The molecule has 4 N–H and O–H groups in total. The van der Waals surface area contributed by atoms with Crippen LogP contribution in [-0.4, -0.2) is 9.97 Å². The number of nitrogens with zero attached hydrogens (tertiary/aromatic N) is 2. The standard InChI is InChI=1S/C4H5N4/c5-3-1-4(6)8-2-7-3/h1H,(H4,5,6,7,8). The molecule has 1 radical (unpaired) electrons. The van der Waals surface area contributed by atoms with Crippen LogP contribution in [0.2, 0.25) is 0 Å². The van der Waals surface area contributed by atoms with Gasteiger partial charge in [0.2, 0.25) is 6.33 Å². The zero-order chi connectivity index (χ0) is 5.98. The summed E-state index contributed by atoms with van der Waals surface area (Å²) in [7, 11) is 0. The van der Waals surface area contributed by atoms with E-state index >= 15 is 0 Å². The molecule has 41 valence electrons. The largest absolute Gasteiger partial charge is 0.384 e. The molecule has 0 atom stereocenters. The van der Waals surface area contributed by atoms with Crippen LogP contribution >= 0.6 is 0 Å². The molecule has 0 spiro atoms. The second-order valence-corrected chi connectivity index (χ2v) is 1.32. The fourth-order valence-electron chi connectivity index (χ4n) is 0.357. The molecular weight excluding hydrogens is 104 g/mol. The van der Waals surface area contributed by atoms with Gasteiger partial charge >= 0.3 is 0 Å². The summed E-state index contributed by atoms with van der Waals surface area (Å²) in [6.07, 6.45) is 2.28. The minimum Gasteiger partial charge on any atom is -0.384 e. The maximum atomic E-state index is 5.20. The smallest absolute Gasteiger partial charge is 0.201 e. The van der Waals surface area contributed by atoms with Gasteiger partial charge in [-0.2, -0.15) is 0 Å². The highest BCUT2D eigenvalue weighted by molar-refractivity contribution is 5.38. The molecule has 0 amide bonds. The average molecular weight is 109 g/mol. The maximum absolute atomic E-state index is 5.20. The van der Waals surface area contributed by atoms with Gasteiger partial charge in [0.15, 0.2) is 0 Å². The third-order valence-corrected chi connectivity index (χ3v) is 0.654. The molecule has 0 saturated heterocycles. The van der Waals surface area contributed by atoms with Gasteiger partial charge in [0.05, 0.1) is 0 Å². The molecule has 0 fully saturated rings. The van der Waals surface area contributed by atoms with Crippen LogP contribution in [0.4, 0.5) is 11.6 Å². The van der Waals surface area contributed by atoms with Gasteiger partial charge in [-0.25, -0.2) is 9.97 Å². The van der Waals surface area contributed by atoms with E-state index in [0.29, 0.717) is 11.6 Å². The van der Waals surface area contributed by atoms with Gasteiger partial charge in [0.1, 0.15) is 11.6 Å². The summed E-state index contributed by atoms with van der Waals surface area (Å²) >= 11 is 0. The van der Waals surface area contributed by atoms with E-state index in [9.17, 15) is 0 Å². The van der Waals surface area contributed by atoms with E-state index in [1.165, 1.54) is 6.07 Å². The van der Waals surface area contributed by atoms with Crippen LogP contribution in [0.3, 0.4) is 0 Å². The molecule has 1 rings (SSSR count). The molecule has 1 aromatic rings. The highest BCUT2D eigenvalue weighted by atomic mass is 14.9. The van der Waals surface area contributed by atoms with Crippen LogP contribution in [0.15, 0.2) is 6.07 Å². The molecule has 4 heteroatoms. The Kier molecular flexibility index (Phi) is 0.997. The number of nitrogen functional groups attached to an aromatic ring is 2. The SMILES string of the molecule is Nc1cc(N)n[c]n1. The normalized spacial score (nSPS) is 9.00. The average Bonchev–Trinajstić information content (AvgIpc) is 1.64. The van der Waals surface area contributed by atoms with Gasteiger partial charge in [0.25, 0.3) is 0 Å². The number of aromatic nitrogens is 2. The fraction of sp³-hybridized carbons (Fsp3) is 0. The highest BCUT2D eigenvalue weighted by Crippen LogP contribution is 1.96. The monoisotopic (exact) mass is 109 g/mol. The molecule has 0 aromatic carbocycles. The maximum Gasteiger partial charge on any atom is 0.201 e. The zero-order valence-electron chi connectivity index (χ0n) is 4.13. The lowest BCUT2D eigenvalue weighted by Gasteiger charge is -1.88. The van der Waals surface area contributed by atoms with Crippen molar-refractivity contribution in [2.24, 2.45) is 0 Å². The fourth-order valence-corrected chi connectivity index (χ4v) is 0.357. The minimum absolute atomic E-state index is 0.345. The lowest BCUT2D eigenvalue weighted by Crippen LogP contribution is -1.95. The number of rotatable bonds is 0. The molecule has 0 unspecified atom stereocenters. The van der Waals surface area contributed by atoms with Gasteiger partial charge < -0.3 is 11.5 Å². The highest BCUT2D eigenvalue weighted by Gasteiger charge is 1.85. The predicted molar refractivity (Wildman–Crippen MR) is 29.7 cm³/mol. The second kappa shape index (κ2) is 1.65. The summed E-state index contributed by atoms with van der Waals surface area (Å²) in [5, 5.41) is 0. The molecule has 1 aromatic heterocycles. The molecule has 0 bridgehead atoms. The lowest BCUT2D eigenvalue weighted by molar-refractivity contribution is 1.17. The van der Waals surface area contributed by atoms with Crippen LogP contribution < -0.4 is 11.5 Å². The summed E-state index contributed by atoms with van der Waals surface area (Å²) < 4.78 is 0. The van der Waals surface area contributed by atoms with E-state index < -0.39 is 0 Å². The first-order valence-corrected chi connectivity index (χ1v) is 2.05. The summed E-state index contributed by atoms with van der Waals surface area (Å²) in [5.41, 5.74) is 10.4. The van der Waals surface area contributed by atoms with Gasteiger partial charge in [-0.3, -0.25) is 0 Å². The van der Waals surface area contributed by atoms with E-state index in [1.54, 1.807) is 0 Å². The quantitative estimate of drug-likeness (QED) is 0.468. The summed E-state index contributed by atoms with van der Waals surface area (Å²) in [6.45, 7) is 0. The van der Waals surface area contributed by atoms with E-state index in [0.717, 1.165) is 0 Å². The van der Waals surface area contributed by atoms with Crippen molar-refractivity contribution in [3.05, 3.63) is 12.4 Å². The number of nitrogens with two attached hydrogens (primary N) is 2. The molecule has 0 aliphatic heterocycles. The molecule has 1 heterocycles. The first-order chi connectivity index (χ1) is 3.79. The van der Waals surface area contributed by atoms with Crippen molar-refractivity contribution < 1.29 is 0 Å². The first kappa shape index (κ1) is 4.83. The predicted octanol–water partition coefficient (Wildman–Crippen LogP) is -0.559. The van der Waals surface area contributed by atoms with Crippen molar-refractivity contribution in [1.29, 1.82) is 0 Å².